The number of nitrogens with one attached hydrogen (secondary N) is 2. The third kappa shape index (κ3) is 5.65. The first kappa shape index (κ1) is 21.1. The Balaban J connectivity index is 2.19. The van der Waals surface area contributed by atoms with Crippen molar-refractivity contribution in [2.24, 2.45) is 0 Å². The molecule has 2 N–H and O–H groups in total. The molecule has 1 atom stereocenters. The number of hydrogen-bond donors (Lipinski definition) is 2. The molecule has 1 aliphatic rings. The van der Waals surface area contributed by atoms with Crippen LogP contribution in [-0.4, -0.2) is 31.2 Å². The van der Waals surface area contributed by atoms with Gasteiger partial charge in [-0.25, -0.2) is 0 Å². The van der Waals surface area contributed by atoms with E-state index in [1.54, 1.807) is 18.2 Å². The van der Waals surface area contributed by atoms with Gasteiger partial charge in [0.05, 0.1) is 34.6 Å². The molecule has 0 fully saturated rings. The van der Waals surface area contributed by atoms with Crippen LogP contribution in [0.2, 0.25) is 5.02 Å². The number of methoxy groups -OCH3 is 1. The van der Waals surface area contributed by atoms with E-state index in [0.717, 1.165) is 18.4 Å². The molecule has 1 aromatic rings. The highest BCUT2D eigenvalue weighted by molar-refractivity contribution is 8.03. The Morgan fingerprint density at radius 3 is 2.93 bits per heavy atom. The van der Waals surface area contributed by atoms with Gasteiger partial charge in [0.1, 0.15) is 5.75 Å². The van der Waals surface area contributed by atoms with Crippen molar-refractivity contribution in [1.82, 2.24) is 10.6 Å². The van der Waals surface area contributed by atoms with Crippen molar-refractivity contribution in [1.29, 1.82) is 5.26 Å². The summed E-state index contributed by atoms with van der Waals surface area (Å²) in [5.74, 6) is -0.0538. The summed E-state index contributed by atoms with van der Waals surface area (Å²) in [6.07, 6.45) is 2.07. The van der Waals surface area contributed by atoms with Gasteiger partial charge in [-0.1, -0.05) is 42.8 Å². The minimum absolute atomic E-state index is 0.123. The van der Waals surface area contributed by atoms with Gasteiger partial charge in [-0.15, -0.1) is 0 Å². The number of hydrogen-bond acceptors (Lipinski definition) is 5. The Labute approximate surface area is 168 Å². The lowest BCUT2D eigenvalue weighted by atomic mass is 9.87. The summed E-state index contributed by atoms with van der Waals surface area (Å²) in [5.41, 5.74) is 1.19. The van der Waals surface area contributed by atoms with Crippen molar-refractivity contribution in [2.45, 2.75) is 32.1 Å². The second-order valence-corrected chi connectivity index (χ2v) is 7.44. The molecule has 6 nitrogen and oxygen atoms in total. The standard InChI is InChI=1S/C19H22ClN3O3S/c1-3-4-7-22-18(25)11-27-19-14(10-21)13(9-17(24)23-19)12-5-6-16(26-2)15(20)8-12/h5-6,8,13H,3-4,7,9,11H2,1-2H3,(H,22,25)(H,23,24)/t13-/m1/s1. The lowest BCUT2D eigenvalue weighted by Crippen LogP contribution is -2.32. The highest BCUT2D eigenvalue weighted by atomic mass is 35.5. The van der Waals surface area contributed by atoms with Gasteiger partial charge in [0.2, 0.25) is 11.8 Å². The lowest BCUT2D eigenvalue weighted by molar-refractivity contribution is -0.121. The Kier molecular flexibility index (Phi) is 8.01. The molecule has 0 spiro atoms. The first-order valence-corrected chi connectivity index (χ1v) is 10.0. The third-order valence-electron chi connectivity index (χ3n) is 4.13. The van der Waals surface area contributed by atoms with E-state index in [1.807, 2.05) is 6.92 Å². The predicted octanol–water partition coefficient (Wildman–Crippen LogP) is 3.34. The number of nitriles is 1. The number of benzene rings is 1. The van der Waals surface area contributed by atoms with Crippen molar-refractivity contribution in [3.8, 4) is 11.8 Å². The monoisotopic (exact) mass is 407 g/mol. The number of ether oxygens (including phenoxy) is 1. The molecule has 27 heavy (non-hydrogen) atoms. The van der Waals surface area contributed by atoms with Crippen molar-refractivity contribution in [2.75, 3.05) is 19.4 Å². The highest BCUT2D eigenvalue weighted by Gasteiger charge is 2.30. The fraction of sp³-hybridized carbons (Fsp3) is 0.421. The average molecular weight is 408 g/mol. The van der Waals surface area contributed by atoms with Crippen LogP contribution in [0.1, 0.15) is 37.7 Å². The van der Waals surface area contributed by atoms with E-state index in [1.165, 1.54) is 18.9 Å². The summed E-state index contributed by atoms with van der Waals surface area (Å²) in [6.45, 7) is 2.67. The molecular formula is C19H22ClN3O3S. The van der Waals surface area contributed by atoms with E-state index in [2.05, 4.69) is 16.7 Å². The number of thioether (sulfide) groups is 1. The van der Waals surface area contributed by atoms with Gasteiger partial charge >= 0.3 is 0 Å². The van der Waals surface area contributed by atoms with E-state index < -0.39 is 5.92 Å². The number of carbonyl (C=O) groups is 2. The number of amides is 2. The van der Waals surface area contributed by atoms with Gasteiger partial charge < -0.3 is 15.4 Å². The molecule has 1 aliphatic heterocycles. The zero-order valence-electron chi connectivity index (χ0n) is 15.3. The molecule has 144 valence electrons. The van der Waals surface area contributed by atoms with E-state index in [9.17, 15) is 14.9 Å². The van der Waals surface area contributed by atoms with Crippen LogP contribution in [0.3, 0.4) is 0 Å². The summed E-state index contributed by atoms with van der Waals surface area (Å²) in [5, 5.41) is 16.0. The molecular weight excluding hydrogens is 386 g/mol. The second kappa shape index (κ2) is 10.2. The van der Waals surface area contributed by atoms with Crippen molar-refractivity contribution < 1.29 is 14.3 Å². The third-order valence-corrected chi connectivity index (χ3v) is 5.45. The molecule has 0 aliphatic carbocycles. The lowest BCUT2D eigenvalue weighted by Gasteiger charge is -2.25. The van der Waals surface area contributed by atoms with Crippen molar-refractivity contribution in [3.63, 3.8) is 0 Å². The predicted molar refractivity (Wildman–Crippen MR) is 107 cm³/mol. The maximum absolute atomic E-state index is 12.2. The van der Waals surface area contributed by atoms with Crippen LogP contribution in [0.4, 0.5) is 0 Å². The Morgan fingerprint density at radius 2 is 2.30 bits per heavy atom. The molecule has 1 heterocycles. The first-order valence-electron chi connectivity index (χ1n) is 8.67. The molecule has 0 unspecified atom stereocenters. The van der Waals surface area contributed by atoms with E-state index in [0.29, 0.717) is 27.9 Å². The smallest absolute Gasteiger partial charge is 0.230 e. The SMILES string of the molecule is CCCCNC(=O)CSC1=C(C#N)[C@@H](c2ccc(OC)c(Cl)c2)CC(=O)N1. The summed E-state index contributed by atoms with van der Waals surface area (Å²) >= 11 is 7.36. The first-order chi connectivity index (χ1) is 13.0. The van der Waals surface area contributed by atoms with E-state index in [-0.39, 0.29) is 24.0 Å². The molecule has 0 saturated heterocycles. The van der Waals surface area contributed by atoms with Gasteiger partial charge in [0, 0.05) is 18.9 Å². The fourth-order valence-corrected chi connectivity index (χ4v) is 3.88. The topological polar surface area (TPSA) is 91.2 Å². The number of unbranched alkanes of at least 4 members (excludes halogenated alkanes) is 1. The molecule has 0 saturated carbocycles. The summed E-state index contributed by atoms with van der Waals surface area (Å²) in [4.78, 5) is 24.1. The Morgan fingerprint density at radius 1 is 1.52 bits per heavy atom. The number of halogens is 1. The van der Waals surface area contributed by atoms with Crippen LogP contribution in [0, 0.1) is 11.3 Å². The summed E-state index contributed by atoms with van der Waals surface area (Å²) < 4.78 is 5.15. The van der Waals surface area contributed by atoms with Gasteiger partial charge in [0.25, 0.3) is 0 Å². The molecule has 0 bridgehead atoms. The van der Waals surface area contributed by atoms with E-state index in [4.69, 9.17) is 16.3 Å². The molecule has 2 amide bonds. The number of allylic oxidation sites excluding steroid dienone is 1. The Hall–Kier alpha value is -2.17. The minimum atomic E-state index is -0.405. The largest absolute Gasteiger partial charge is 0.495 e. The maximum Gasteiger partial charge on any atom is 0.230 e. The average Bonchev–Trinajstić information content (AvgIpc) is 2.66. The van der Waals surface area contributed by atoms with Crippen LogP contribution in [-0.2, 0) is 9.59 Å². The minimum Gasteiger partial charge on any atom is -0.495 e. The van der Waals surface area contributed by atoms with Gasteiger partial charge in [-0.2, -0.15) is 5.26 Å². The molecule has 8 heteroatoms. The molecule has 0 radical (unpaired) electrons. The molecule has 2 rings (SSSR count). The van der Waals surface area contributed by atoms with Crippen LogP contribution in [0.15, 0.2) is 28.8 Å². The normalized spacial score (nSPS) is 16.5. The zero-order valence-corrected chi connectivity index (χ0v) is 16.9. The number of carbonyl (C=O) groups excluding carboxylic acids is 2. The number of rotatable bonds is 8. The van der Waals surface area contributed by atoms with Crippen LogP contribution < -0.4 is 15.4 Å². The number of nitrogens with zero attached hydrogens (tertiary/aromatic N) is 1. The molecule has 0 aromatic heterocycles. The second-order valence-electron chi connectivity index (χ2n) is 6.05. The zero-order chi connectivity index (χ0) is 19.8. The van der Waals surface area contributed by atoms with E-state index >= 15 is 0 Å². The summed E-state index contributed by atoms with van der Waals surface area (Å²) in [6, 6.07) is 7.41. The summed E-state index contributed by atoms with van der Waals surface area (Å²) in [7, 11) is 1.52. The maximum atomic E-state index is 12.2. The highest BCUT2D eigenvalue weighted by Crippen LogP contribution is 2.38. The van der Waals surface area contributed by atoms with Gasteiger partial charge in [-0.3, -0.25) is 9.59 Å². The van der Waals surface area contributed by atoms with Crippen LogP contribution >= 0.6 is 23.4 Å². The Bertz CT molecular complexity index is 789. The fourth-order valence-electron chi connectivity index (χ4n) is 2.71. The quantitative estimate of drug-likeness (QED) is 0.645. The van der Waals surface area contributed by atoms with Gasteiger partial charge in [-0.05, 0) is 24.1 Å². The van der Waals surface area contributed by atoms with Crippen LogP contribution in [0.5, 0.6) is 5.75 Å². The molecule has 1 aromatic carbocycles. The van der Waals surface area contributed by atoms with Crippen LogP contribution in [0.25, 0.3) is 0 Å². The van der Waals surface area contributed by atoms with Crippen molar-refractivity contribution >= 4 is 35.2 Å². The van der Waals surface area contributed by atoms with Crippen molar-refractivity contribution in [3.05, 3.63) is 39.4 Å². The van der Waals surface area contributed by atoms with Gasteiger partial charge in [0.15, 0.2) is 0 Å².